The molecular weight excluding hydrogens is 808 g/mol. The van der Waals surface area contributed by atoms with Gasteiger partial charge in [-0.05, 0) is 41.1 Å². The van der Waals surface area contributed by atoms with E-state index in [2.05, 4.69) is 134 Å². The molecule has 5 aromatic carbocycles. The molecule has 1 aliphatic carbocycles. The van der Waals surface area contributed by atoms with Crippen molar-refractivity contribution in [3.8, 4) is 28.4 Å². The summed E-state index contributed by atoms with van der Waals surface area (Å²) in [7, 11) is 2.13. The van der Waals surface area contributed by atoms with Crippen LogP contribution in [0.1, 0.15) is 59.6 Å². The van der Waals surface area contributed by atoms with Gasteiger partial charge >= 0.3 is 189 Å². The van der Waals surface area contributed by atoms with Gasteiger partial charge in [-0.2, -0.15) is 0 Å². The number of benzene rings is 5. The van der Waals surface area contributed by atoms with Crippen molar-refractivity contribution in [1.29, 1.82) is 0 Å². The Morgan fingerprint density at radius 2 is 1.49 bits per heavy atom. The van der Waals surface area contributed by atoms with E-state index in [9.17, 15) is 0 Å². The van der Waals surface area contributed by atoms with Crippen molar-refractivity contribution in [3.63, 3.8) is 0 Å². The molecule has 0 aliphatic heterocycles. The number of para-hydroxylation sites is 3. The minimum atomic E-state index is -2.35. The first-order valence-corrected chi connectivity index (χ1v) is 18.6. The summed E-state index contributed by atoms with van der Waals surface area (Å²) in [6.07, 6.45) is 3.76. The summed E-state index contributed by atoms with van der Waals surface area (Å²) in [6.45, 7) is 4.16. The molecule has 0 spiro atoms. The molecule has 6 heteroatoms. The number of rotatable bonds is 5. The zero-order valence-electron chi connectivity index (χ0n) is 32.1. The summed E-state index contributed by atoms with van der Waals surface area (Å²) >= 11 is 2.45. The maximum absolute atomic E-state index is 8.56. The van der Waals surface area contributed by atoms with Crippen LogP contribution in [0.5, 0.6) is 11.5 Å². The molecule has 0 amide bonds. The molecule has 9 rings (SSSR count). The summed E-state index contributed by atoms with van der Waals surface area (Å²) < 4.78 is 40.3. The summed E-state index contributed by atoms with van der Waals surface area (Å²) in [5.74, 6) is 2.02. The van der Waals surface area contributed by atoms with Crippen LogP contribution < -0.4 is 4.74 Å². The van der Waals surface area contributed by atoms with Crippen molar-refractivity contribution in [2.24, 2.45) is 7.05 Å². The van der Waals surface area contributed by atoms with Crippen LogP contribution >= 0.6 is 0 Å². The average Bonchev–Trinajstić information content (AvgIpc) is 3.79. The van der Waals surface area contributed by atoms with Crippen molar-refractivity contribution >= 4 is 32.8 Å². The number of imidazole rings is 1. The molecule has 0 N–H and O–H groups in total. The molecule has 1 aliphatic rings. The summed E-state index contributed by atoms with van der Waals surface area (Å²) in [6, 6.07) is 39.5. The van der Waals surface area contributed by atoms with Gasteiger partial charge in [-0.25, -0.2) is 4.98 Å². The SMILES string of the molecule is [2H]C([2H])([2H])c1cc(-n2c3ccccc3c3ccc(Oc4ccc5c(c4)C(n4[c](=[Pt])n(C)c6ccccc64)CC5)cc32)ncc1-c1ccc(C(C)(C)C)cc1. The molecular formula is C45H40N4OPt. The van der Waals surface area contributed by atoms with E-state index in [1.54, 1.807) is 12.3 Å². The zero-order chi connectivity index (χ0) is 37.5. The normalized spacial score (nSPS) is 15.6. The molecule has 0 saturated carbocycles. The van der Waals surface area contributed by atoms with Gasteiger partial charge in [-0.1, -0.05) is 63.2 Å². The second-order valence-corrected chi connectivity index (χ2v) is 15.6. The Morgan fingerprint density at radius 1 is 0.784 bits per heavy atom. The minimum absolute atomic E-state index is 0.00893. The van der Waals surface area contributed by atoms with E-state index in [0.29, 0.717) is 17.1 Å². The largest absolute Gasteiger partial charge is 0.238 e. The van der Waals surface area contributed by atoms with Crippen LogP contribution in [-0.2, 0) is 38.2 Å². The maximum atomic E-state index is 8.56. The third-order valence-corrected chi connectivity index (χ3v) is 11.8. The van der Waals surface area contributed by atoms with Gasteiger partial charge in [0.15, 0.2) is 0 Å². The van der Waals surface area contributed by atoms with Gasteiger partial charge in [0.2, 0.25) is 0 Å². The van der Waals surface area contributed by atoms with Crippen LogP contribution in [0.4, 0.5) is 0 Å². The van der Waals surface area contributed by atoms with Crippen molar-refractivity contribution in [1.82, 2.24) is 18.7 Å². The number of aryl methyl sites for hydroxylation is 3. The molecule has 8 aromatic rings. The first kappa shape index (κ1) is 28.7. The Hall–Kier alpha value is -4.99. The quantitative estimate of drug-likeness (QED) is 0.173. The number of hydrogen-bond acceptors (Lipinski definition) is 2. The Balaban J connectivity index is 1.12. The van der Waals surface area contributed by atoms with Crippen LogP contribution in [0.3, 0.4) is 0 Å². The van der Waals surface area contributed by atoms with E-state index in [1.807, 2.05) is 36.4 Å². The molecule has 3 aromatic heterocycles. The fourth-order valence-corrected chi connectivity index (χ4v) is 8.72. The first-order valence-electron chi connectivity index (χ1n) is 18.9. The predicted molar refractivity (Wildman–Crippen MR) is 205 cm³/mol. The monoisotopic (exact) mass is 850 g/mol. The van der Waals surface area contributed by atoms with E-state index >= 15 is 0 Å². The van der Waals surface area contributed by atoms with Crippen LogP contribution in [-0.4, -0.2) is 18.7 Å². The van der Waals surface area contributed by atoms with Crippen molar-refractivity contribution < 1.29 is 28.2 Å². The Morgan fingerprint density at radius 3 is 2.27 bits per heavy atom. The second-order valence-electron chi connectivity index (χ2n) is 14.6. The molecule has 5 nitrogen and oxygen atoms in total. The molecule has 0 fully saturated rings. The first-order chi connectivity index (χ1) is 25.9. The number of fused-ring (bicyclic) bond motifs is 5. The van der Waals surface area contributed by atoms with E-state index < -0.39 is 6.85 Å². The summed E-state index contributed by atoms with van der Waals surface area (Å²) in [5, 5.41) is 2.09. The molecule has 1 unspecified atom stereocenters. The third kappa shape index (κ3) is 5.33. The van der Waals surface area contributed by atoms with Gasteiger partial charge < -0.3 is 0 Å². The zero-order valence-corrected chi connectivity index (χ0v) is 31.3. The predicted octanol–water partition coefficient (Wildman–Crippen LogP) is 11.2. The molecule has 0 radical (unpaired) electrons. The van der Waals surface area contributed by atoms with Crippen LogP contribution in [0.15, 0.2) is 121 Å². The minimum Gasteiger partial charge on any atom is -0.238 e. The molecule has 0 bridgehead atoms. The van der Waals surface area contributed by atoms with Crippen molar-refractivity contribution in [2.45, 2.75) is 51.9 Å². The fourth-order valence-electron chi connectivity index (χ4n) is 7.82. The number of pyridine rings is 1. The molecule has 256 valence electrons. The fraction of sp³-hybridized carbons (Fsp3) is 0.200. The number of hydrogen-bond donors (Lipinski definition) is 0. The van der Waals surface area contributed by atoms with E-state index in [0.717, 1.165) is 46.0 Å². The van der Waals surface area contributed by atoms with Gasteiger partial charge in [-0.15, -0.1) is 0 Å². The Bertz CT molecular complexity index is 2820. The van der Waals surface area contributed by atoms with Gasteiger partial charge in [-0.3, -0.25) is 0 Å². The smallest absolute Gasteiger partial charge is 0.0374 e. The Labute approximate surface area is 313 Å². The molecule has 1 atom stereocenters. The molecule has 0 saturated heterocycles. The van der Waals surface area contributed by atoms with E-state index in [1.165, 1.54) is 31.5 Å². The third-order valence-electron chi connectivity index (χ3n) is 10.5. The second kappa shape index (κ2) is 12.1. The number of nitrogens with zero attached hydrogens (tertiary/aromatic N) is 4. The van der Waals surface area contributed by atoms with E-state index in [-0.39, 0.29) is 17.0 Å². The van der Waals surface area contributed by atoms with Crippen molar-refractivity contribution in [3.05, 3.63) is 148 Å². The Kier molecular flexibility index (Phi) is 6.78. The number of ether oxygens (including phenoxy) is 1. The van der Waals surface area contributed by atoms with Gasteiger partial charge in [0.05, 0.1) is 0 Å². The van der Waals surface area contributed by atoms with E-state index in [4.69, 9.17) is 13.8 Å². The standard InChI is InChI=1S/C45H40N4O.Pt/c1-29-24-44(46-27-38(29)31-14-18-32(19-15-31)45(2,3)4)49-40-11-7-6-10-35(40)36-22-21-34(26-43(36)49)50-33-20-16-30-17-23-39(37(30)25-33)48-28-47(5)41-12-8-9-13-42(41)48;/h6-16,18-22,24-27,39H,17,23H2,1-5H3;/i1D3;. The summed E-state index contributed by atoms with van der Waals surface area (Å²) in [4.78, 5) is 4.93. The van der Waals surface area contributed by atoms with Crippen LogP contribution in [0.25, 0.3) is 49.8 Å². The van der Waals surface area contributed by atoms with Gasteiger partial charge in [0.1, 0.15) is 0 Å². The molecule has 51 heavy (non-hydrogen) atoms. The van der Waals surface area contributed by atoms with Gasteiger partial charge in [0.25, 0.3) is 0 Å². The average molecular weight is 851 g/mol. The molecule has 3 heterocycles. The van der Waals surface area contributed by atoms with Crippen molar-refractivity contribution in [2.75, 3.05) is 0 Å². The van der Waals surface area contributed by atoms with Crippen LogP contribution in [0, 0.1) is 10.7 Å². The van der Waals surface area contributed by atoms with Crippen LogP contribution in [0.2, 0.25) is 0 Å². The van der Waals surface area contributed by atoms with Gasteiger partial charge in [0, 0.05) is 15.9 Å². The topological polar surface area (TPSA) is 36.9 Å². The number of aromatic nitrogens is 4. The maximum Gasteiger partial charge on any atom is 0.0374 e. The summed E-state index contributed by atoms with van der Waals surface area (Å²) in [5.41, 5.74) is 9.80.